The number of nitrogens with zero attached hydrogens (tertiary/aromatic N) is 2. The van der Waals surface area contributed by atoms with Gasteiger partial charge in [-0.25, -0.2) is 4.39 Å². The summed E-state index contributed by atoms with van der Waals surface area (Å²) in [6, 6.07) is 5.02. The molecule has 0 unspecified atom stereocenters. The summed E-state index contributed by atoms with van der Waals surface area (Å²) in [6.45, 7) is 0. The maximum atomic E-state index is 13.1. The molecule has 1 fully saturated rings. The first-order valence-corrected chi connectivity index (χ1v) is 7.24. The third kappa shape index (κ3) is 2.39. The van der Waals surface area contributed by atoms with E-state index >= 15 is 0 Å². The molecule has 1 aromatic heterocycles. The van der Waals surface area contributed by atoms with Crippen LogP contribution < -0.4 is 5.73 Å². The van der Waals surface area contributed by atoms with Gasteiger partial charge in [-0.15, -0.1) is 0 Å². The highest BCUT2D eigenvalue weighted by atomic mass is 79.9. The van der Waals surface area contributed by atoms with E-state index in [1.54, 1.807) is 6.07 Å². The van der Waals surface area contributed by atoms with Gasteiger partial charge in [-0.3, -0.25) is 4.68 Å². The van der Waals surface area contributed by atoms with E-state index in [0.717, 1.165) is 24.1 Å². The van der Waals surface area contributed by atoms with E-state index in [1.807, 2.05) is 10.9 Å². The highest BCUT2D eigenvalue weighted by Crippen LogP contribution is 2.35. The van der Waals surface area contributed by atoms with Gasteiger partial charge in [-0.1, -0.05) is 12.8 Å². The summed E-state index contributed by atoms with van der Waals surface area (Å²) in [5.74, 6) is -0.274. The number of benzene rings is 1. The van der Waals surface area contributed by atoms with Gasteiger partial charge >= 0.3 is 0 Å². The van der Waals surface area contributed by atoms with Crippen LogP contribution in [0.3, 0.4) is 0 Å². The number of hydrogen-bond acceptors (Lipinski definition) is 2. The lowest BCUT2D eigenvalue weighted by Gasteiger charge is -2.08. The average Bonchev–Trinajstić information content (AvgIpc) is 2.98. The van der Waals surface area contributed by atoms with Crippen LogP contribution in [0.4, 0.5) is 10.1 Å². The van der Waals surface area contributed by atoms with E-state index in [2.05, 4.69) is 21.0 Å². The van der Waals surface area contributed by atoms with Gasteiger partial charge in [-0.2, -0.15) is 5.10 Å². The smallest absolute Gasteiger partial charge is 0.124 e. The van der Waals surface area contributed by atoms with E-state index in [1.165, 1.54) is 25.0 Å². The molecule has 2 N–H and O–H groups in total. The van der Waals surface area contributed by atoms with Crippen LogP contribution in [-0.4, -0.2) is 9.78 Å². The average molecular weight is 324 g/mol. The summed E-state index contributed by atoms with van der Waals surface area (Å²) in [5.41, 5.74) is 8.24. The van der Waals surface area contributed by atoms with E-state index in [-0.39, 0.29) is 5.82 Å². The minimum Gasteiger partial charge on any atom is -0.396 e. The maximum Gasteiger partial charge on any atom is 0.124 e. The lowest BCUT2D eigenvalue weighted by molar-refractivity contribution is 0.468. The molecule has 2 aromatic rings. The molecule has 0 radical (unpaired) electrons. The molecule has 1 aromatic carbocycles. The Morgan fingerprint density at radius 1 is 1.32 bits per heavy atom. The normalized spacial score (nSPS) is 16.1. The summed E-state index contributed by atoms with van der Waals surface area (Å²) in [4.78, 5) is 0. The number of halogens is 2. The van der Waals surface area contributed by atoms with Gasteiger partial charge in [0.15, 0.2) is 0 Å². The molecular formula is C14H15BrFN3. The van der Waals surface area contributed by atoms with Gasteiger partial charge < -0.3 is 5.73 Å². The largest absolute Gasteiger partial charge is 0.396 e. The monoisotopic (exact) mass is 323 g/mol. The van der Waals surface area contributed by atoms with Crippen molar-refractivity contribution in [2.45, 2.75) is 31.7 Å². The second-order valence-corrected chi connectivity index (χ2v) is 5.83. The highest BCUT2D eigenvalue weighted by Gasteiger charge is 2.20. The Balaban J connectivity index is 2.00. The van der Waals surface area contributed by atoms with Crippen molar-refractivity contribution in [2.75, 3.05) is 5.73 Å². The molecule has 0 bridgehead atoms. The molecule has 0 saturated heterocycles. The van der Waals surface area contributed by atoms with Crippen molar-refractivity contribution in [1.82, 2.24) is 9.78 Å². The number of hydrogen-bond donors (Lipinski definition) is 1. The highest BCUT2D eigenvalue weighted by molar-refractivity contribution is 9.10. The predicted molar refractivity (Wildman–Crippen MR) is 77.2 cm³/mol. The molecule has 1 heterocycles. The van der Waals surface area contributed by atoms with Gasteiger partial charge in [0.05, 0.1) is 11.7 Å². The Kier molecular flexibility index (Phi) is 3.31. The van der Waals surface area contributed by atoms with Gasteiger partial charge in [0, 0.05) is 16.2 Å². The van der Waals surface area contributed by atoms with Crippen molar-refractivity contribution < 1.29 is 4.39 Å². The number of nitrogen functional groups attached to an aromatic ring is 1. The first-order chi connectivity index (χ1) is 9.15. The third-order valence-corrected chi connectivity index (χ3v) is 4.30. The quantitative estimate of drug-likeness (QED) is 0.902. The molecule has 19 heavy (non-hydrogen) atoms. The Bertz CT molecular complexity index is 603. The molecule has 0 spiro atoms. The van der Waals surface area contributed by atoms with Crippen molar-refractivity contribution in [2.24, 2.45) is 0 Å². The first-order valence-electron chi connectivity index (χ1n) is 6.45. The van der Waals surface area contributed by atoms with Gasteiger partial charge in [0.1, 0.15) is 11.5 Å². The Labute approximate surface area is 119 Å². The van der Waals surface area contributed by atoms with Crippen LogP contribution in [0.25, 0.3) is 11.3 Å². The fourth-order valence-corrected chi connectivity index (χ4v) is 3.19. The van der Waals surface area contributed by atoms with Crippen LogP contribution >= 0.6 is 15.9 Å². The van der Waals surface area contributed by atoms with Crippen LogP contribution in [0.2, 0.25) is 0 Å². The van der Waals surface area contributed by atoms with Crippen molar-refractivity contribution in [1.29, 1.82) is 0 Å². The summed E-state index contributed by atoms with van der Waals surface area (Å²) in [7, 11) is 0. The standard InChI is InChI=1S/C14H15BrFN3/c15-12-7-9(16)5-6-11(12)14-13(17)8-19(18-14)10-3-1-2-4-10/h5-8,10H,1-4,17H2. The molecule has 3 rings (SSSR count). The Hall–Kier alpha value is -1.36. The molecule has 0 atom stereocenters. The molecule has 100 valence electrons. The molecule has 1 aliphatic carbocycles. The second kappa shape index (κ2) is 4.96. The van der Waals surface area contributed by atoms with Gasteiger partial charge in [0.2, 0.25) is 0 Å². The molecule has 0 amide bonds. The van der Waals surface area contributed by atoms with Crippen LogP contribution in [0.5, 0.6) is 0 Å². The van der Waals surface area contributed by atoms with Gasteiger partial charge in [0.25, 0.3) is 0 Å². The fraction of sp³-hybridized carbons (Fsp3) is 0.357. The van der Waals surface area contributed by atoms with Crippen LogP contribution in [0.15, 0.2) is 28.9 Å². The van der Waals surface area contributed by atoms with Gasteiger partial charge in [-0.05, 0) is 47.0 Å². The Morgan fingerprint density at radius 3 is 2.74 bits per heavy atom. The summed E-state index contributed by atoms with van der Waals surface area (Å²) >= 11 is 3.37. The van der Waals surface area contributed by atoms with E-state index in [9.17, 15) is 4.39 Å². The first kappa shape index (κ1) is 12.7. The molecule has 0 aliphatic heterocycles. The lowest BCUT2D eigenvalue weighted by Crippen LogP contribution is -2.05. The Morgan fingerprint density at radius 2 is 2.05 bits per heavy atom. The van der Waals surface area contributed by atoms with E-state index in [0.29, 0.717) is 16.2 Å². The number of rotatable bonds is 2. The summed E-state index contributed by atoms with van der Waals surface area (Å²) in [6.07, 6.45) is 6.71. The number of aromatic nitrogens is 2. The van der Waals surface area contributed by atoms with Crippen LogP contribution in [0.1, 0.15) is 31.7 Å². The second-order valence-electron chi connectivity index (χ2n) is 4.98. The molecule has 3 nitrogen and oxygen atoms in total. The van der Waals surface area contributed by atoms with Crippen molar-refractivity contribution in [3.63, 3.8) is 0 Å². The van der Waals surface area contributed by atoms with Crippen molar-refractivity contribution >= 4 is 21.6 Å². The van der Waals surface area contributed by atoms with E-state index in [4.69, 9.17) is 5.73 Å². The maximum absolute atomic E-state index is 13.1. The predicted octanol–water partition coefficient (Wildman–Crippen LogP) is 4.15. The number of nitrogens with two attached hydrogens (primary N) is 1. The lowest BCUT2D eigenvalue weighted by atomic mass is 10.1. The van der Waals surface area contributed by atoms with Crippen molar-refractivity contribution in [3.05, 3.63) is 34.7 Å². The number of anilines is 1. The fourth-order valence-electron chi connectivity index (χ4n) is 2.65. The van der Waals surface area contributed by atoms with E-state index < -0.39 is 0 Å². The molecule has 5 heteroatoms. The molecule has 1 saturated carbocycles. The molecular weight excluding hydrogens is 309 g/mol. The summed E-state index contributed by atoms with van der Waals surface area (Å²) < 4.78 is 15.8. The minimum atomic E-state index is -0.274. The zero-order valence-corrected chi connectivity index (χ0v) is 12.0. The SMILES string of the molecule is Nc1cn(C2CCCC2)nc1-c1ccc(F)cc1Br. The third-order valence-electron chi connectivity index (χ3n) is 3.65. The topological polar surface area (TPSA) is 43.8 Å². The van der Waals surface area contributed by atoms with Crippen LogP contribution in [-0.2, 0) is 0 Å². The molecule has 1 aliphatic rings. The zero-order chi connectivity index (χ0) is 13.4. The minimum absolute atomic E-state index is 0.274. The zero-order valence-electron chi connectivity index (χ0n) is 10.4. The summed E-state index contributed by atoms with van der Waals surface area (Å²) in [5, 5.41) is 4.59. The van der Waals surface area contributed by atoms with Crippen LogP contribution in [0, 0.1) is 5.82 Å². The van der Waals surface area contributed by atoms with Crippen molar-refractivity contribution in [3.8, 4) is 11.3 Å².